The maximum atomic E-state index is 14.4. The fraction of sp³-hybridized carbons (Fsp3) is 0.591. The van der Waals surface area contributed by atoms with Gasteiger partial charge in [-0.05, 0) is 54.9 Å². The highest BCUT2D eigenvalue weighted by Gasteiger charge is 2.66. The number of rotatable bonds is 4. The number of carbonyl (C=O) groups is 2. The number of hydrogen-bond acceptors (Lipinski definition) is 3. The van der Waals surface area contributed by atoms with Crippen LogP contribution in [0.25, 0.3) is 11.0 Å². The summed E-state index contributed by atoms with van der Waals surface area (Å²) in [5.41, 5.74) is -0.259. The van der Waals surface area contributed by atoms with E-state index in [0.29, 0.717) is 17.9 Å². The van der Waals surface area contributed by atoms with E-state index in [4.69, 9.17) is 0 Å². The summed E-state index contributed by atoms with van der Waals surface area (Å²) in [4.78, 5) is 29.7. The van der Waals surface area contributed by atoms with Crippen LogP contribution in [0.1, 0.15) is 61.9 Å². The van der Waals surface area contributed by atoms with Crippen molar-refractivity contribution < 1.29 is 22.8 Å². The van der Waals surface area contributed by atoms with Crippen LogP contribution in [0.3, 0.4) is 0 Å². The van der Waals surface area contributed by atoms with E-state index < -0.39 is 30.0 Å². The number of imidazole rings is 1. The Morgan fingerprint density at radius 1 is 1.17 bits per heavy atom. The molecule has 1 aromatic carbocycles. The Labute approximate surface area is 172 Å². The first kappa shape index (κ1) is 19.6. The predicted octanol–water partition coefficient (Wildman–Crippen LogP) is 3.95. The third kappa shape index (κ3) is 2.87. The predicted molar refractivity (Wildman–Crippen MR) is 104 cm³/mol. The molecule has 1 N–H and O–H groups in total. The minimum atomic E-state index is -4.97. The summed E-state index contributed by atoms with van der Waals surface area (Å²) >= 11 is 0. The van der Waals surface area contributed by atoms with Crippen LogP contribution in [0.5, 0.6) is 0 Å². The normalized spacial score (nSPS) is 23.9. The number of aromatic nitrogens is 2. The molecule has 1 fully saturated rings. The highest BCUT2D eigenvalue weighted by Crippen LogP contribution is 2.44. The topological polar surface area (TPSA) is 64.0 Å². The second-order valence-corrected chi connectivity index (χ2v) is 8.87. The van der Waals surface area contributed by atoms with E-state index in [1.165, 1.54) is 0 Å². The lowest BCUT2D eigenvalue weighted by Crippen LogP contribution is -2.62. The second kappa shape index (κ2) is 6.82. The van der Waals surface area contributed by atoms with Gasteiger partial charge in [0.25, 0.3) is 5.66 Å². The number of aryl methyl sites for hydroxylation is 2. The Hall–Kier alpha value is -2.38. The quantitative estimate of drug-likeness (QED) is 0.816. The molecule has 1 aliphatic heterocycles. The van der Waals surface area contributed by atoms with Gasteiger partial charge in [-0.1, -0.05) is 25.7 Å². The van der Waals surface area contributed by atoms with Crippen LogP contribution < -0.4 is 5.32 Å². The molecule has 5 nitrogen and oxygen atoms in total. The van der Waals surface area contributed by atoms with Gasteiger partial charge in [-0.2, -0.15) is 13.2 Å². The Bertz CT molecular complexity index is 1040. The van der Waals surface area contributed by atoms with E-state index in [2.05, 4.69) is 10.3 Å². The zero-order valence-corrected chi connectivity index (χ0v) is 16.6. The average Bonchev–Trinajstić information content (AvgIpc) is 3.43. The summed E-state index contributed by atoms with van der Waals surface area (Å²) in [6.07, 6.45) is 2.00. The van der Waals surface area contributed by atoms with E-state index in [1.54, 1.807) is 6.07 Å². The lowest BCUT2D eigenvalue weighted by Gasteiger charge is -2.33. The minimum Gasteiger partial charge on any atom is -0.319 e. The van der Waals surface area contributed by atoms with Crippen LogP contribution in [0.15, 0.2) is 12.1 Å². The third-order valence-corrected chi connectivity index (χ3v) is 6.98. The number of halogens is 3. The molecule has 5 rings (SSSR count). The van der Waals surface area contributed by atoms with Crippen molar-refractivity contribution in [3.8, 4) is 0 Å². The molecule has 30 heavy (non-hydrogen) atoms. The molecule has 1 unspecified atom stereocenters. The van der Waals surface area contributed by atoms with E-state index in [1.807, 2.05) is 6.07 Å². The maximum absolute atomic E-state index is 14.4. The van der Waals surface area contributed by atoms with Gasteiger partial charge in [-0.15, -0.1) is 0 Å². The lowest BCUT2D eigenvalue weighted by molar-refractivity contribution is -0.218. The number of nitrogens with one attached hydrogen (secondary N) is 1. The zero-order valence-electron chi connectivity index (χ0n) is 16.6. The molecule has 1 aromatic heterocycles. The monoisotopic (exact) mass is 419 g/mol. The van der Waals surface area contributed by atoms with Crippen LogP contribution in [0.4, 0.5) is 13.2 Å². The van der Waals surface area contributed by atoms with Crippen molar-refractivity contribution in [1.82, 2.24) is 14.9 Å². The molecular weight excluding hydrogens is 395 g/mol. The largest absolute Gasteiger partial charge is 0.438 e. The minimum absolute atomic E-state index is 0.00681. The van der Waals surface area contributed by atoms with Crippen molar-refractivity contribution in [2.75, 3.05) is 0 Å². The average molecular weight is 419 g/mol. The van der Waals surface area contributed by atoms with Crippen molar-refractivity contribution >= 4 is 22.7 Å². The van der Waals surface area contributed by atoms with Crippen LogP contribution in [0.2, 0.25) is 0 Å². The molecule has 2 heterocycles. The number of hydrogen-bond donors (Lipinski definition) is 1. The Kier molecular flexibility index (Phi) is 4.45. The standard InChI is InChI=1S/C22H24F3N3O2/c23-22(24,25)21(27-20(30)9-8-13-4-1-2-5-13)18(29)12-19-26-16-10-14-6-3-7-15(14)11-17(16)28(19)21/h10-11,13H,1-9,12H2,(H,27,30). The molecule has 1 saturated carbocycles. The van der Waals surface area contributed by atoms with Gasteiger partial charge in [0.1, 0.15) is 5.82 Å². The summed E-state index contributed by atoms with van der Waals surface area (Å²) in [6, 6.07) is 3.55. The zero-order chi connectivity index (χ0) is 21.1. The first-order valence-electron chi connectivity index (χ1n) is 10.7. The summed E-state index contributed by atoms with van der Waals surface area (Å²) in [6.45, 7) is 0. The molecule has 3 aliphatic rings. The van der Waals surface area contributed by atoms with Crippen LogP contribution in [-0.2, 0) is 34.5 Å². The molecule has 1 amide bonds. The van der Waals surface area contributed by atoms with E-state index in [9.17, 15) is 22.8 Å². The van der Waals surface area contributed by atoms with Crippen LogP contribution >= 0.6 is 0 Å². The molecule has 2 aliphatic carbocycles. The van der Waals surface area contributed by atoms with E-state index in [-0.39, 0.29) is 17.8 Å². The van der Waals surface area contributed by atoms with Gasteiger partial charge in [0.15, 0.2) is 5.78 Å². The summed E-state index contributed by atoms with van der Waals surface area (Å²) in [5, 5.41) is 2.12. The maximum Gasteiger partial charge on any atom is 0.438 e. The van der Waals surface area contributed by atoms with Crippen molar-refractivity contribution in [1.29, 1.82) is 0 Å². The van der Waals surface area contributed by atoms with Gasteiger partial charge >= 0.3 is 6.18 Å². The molecule has 2 aromatic rings. The molecule has 8 heteroatoms. The fourth-order valence-electron chi connectivity index (χ4n) is 5.46. The molecule has 0 spiro atoms. The van der Waals surface area contributed by atoms with Gasteiger partial charge < -0.3 is 5.32 Å². The number of Topliss-reactive ketones (excluding diaryl/α,β-unsaturated/α-hetero) is 1. The first-order valence-corrected chi connectivity index (χ1v) is 10.7. The molecule has 0 saturated heterocycles. The molecule has 160 valence electrons. The van der Waals surface area contributed by atoms with Crippen molar-refractivity contribution in [2.45, 2.75) is 76.0 Å². The summed E-state index contributed by atoms with van der Waals surface area (Å²) < 4.78 is 44.3. The van der Waals surface area contributed by atoms with Gasteiger partial charge in [0, 0.05) is 6.42 Å². The smallest absolute Gasteiger partial charge is 0.319 e. The highest BCUT2D eigenvalue weighted by molar-refractivity contribution is 5.98. The van der Waals surface area contributed by atoms with Crippen molar-refractivity contribution in [2.24, 2.45) is 5.92 Å². The summed E-state index contributed by atoms with van der Waals surface area (Å²) in [5.74, 6) is -1.37. The second-order valence-electron chi connectivity index (χ2n) is 8.87. The molecular formula is C22H24F3N3O2. The first-order chi connectivity index (χ1) is 14.3. The Balaban J connectivity index is 1.54. The number of alkyl halides is 3. The fourth-order valence-corrected chi connectivity index (χ4v) is 5.46. The van der Waals surface area contributed by atoms with Gasteiger partial charge in [-0.25, -0.2) is 4.98 Å². The molecule has 0 radical (unpaired) electrons. The third-order valence-electron chi connectivity index (χ3n) is 6.98. The number of fused-ring (bicyclic) bond motifs is 4. The Morgan fingerprint density at radius 3 is 2.57 bits per heavy atom. The molecule has 1 atom stereocenters. The van der Waals surface area contributed by atoms with E-state index >= 15 is 0 Å². The summed E-state index contributed by atoms with van der Waals surface area (Å²) in [7, 11) is 0. The number of carbonyl (C=O) groups excluding carboxylic acids is 2. The van der Waals surface area contributed by atoms with Crippen LogP contribution in [0, 0.1) is 5.92 Å². The van der Waals surface area contributed by atoms with Gasteiger partial charge in [-0.3, -0.25) is 14.2 Å². The number of nitrogens with zero attached hydrogens (tertiary/aromatic N) is 2. The van der Waals surface area contributed by atoms with Gasteiger partial charge in [0.05, 0.1) is 17.5 Å². The number of benzene rings is 1. The van der Waals surface area contributed by atoms with Crippen molar-refractivity contribution in [3.05, 3.63) is 29.1 Å². The highest BCUT2D eigenvalue weighted by atomic mass is 19.4. The lowest BCUT2D eigenvalue weighted by atomic mass is 10.00. The number of amides is 1. The Morgan fingerprint density at radius 2 is 1.87 bits per heavy atom. The van der Waals surface area contributed by atoms with E-state index in [0.717, 1.165) is 60.6 Å². The van der Waals surface area contributed by atoms with Crippen LogP contribution in [-0.4, -0.2) is 27.4 Å². The number of ketones is 1. The molecule has 0 bridgehead atoms. The van der Waals surface area contributed by atoms with Crippen molar-refractivity contribution in [3.63, 3.8) is 0 Å². The van der Waals surface area contributed by atoms with Gasteiger partial charge in [0.2, 0.25) is 5.91 Å². The SMILES string of the molecule is O=C(CCC1CCCC1)NC1(C(F)(F)F)C(=O)Cc2nc3cc4c(cc3n21)CCC4.